The van der Waals surface area contributed by atoms with Gasteiger partial charge < -0.3 is 14.5 Å². The van der Waals surface area contributed by atoms with Crippen molar-refractivity contribution >= 4 is 5.91 Å². The van der Waals surface area contributed by atoms with Gasteiger partial charge in [-0.1, -0.05) is 19.1 Å². The van der Waals surface area contributed by atoms with Gasteiger partial charge in [-0.2, -0.15) is 0 Å². The number of hydrogen-bond acceptors (Lipinski definition) is 4. The molecule has 2 bridgehead atoms. The molecule has 172 valence electrons. The van der Waals surface area contributed by atoms with Crippen molar-refractivity contribution in [3.05, 3.63) is 59.6 Å². The smallest absolute Gasteiger partial charge is 0.226 e. The van der Waals surface area contributed by atoms with Crippen LogP contribution in [0.15, 0.2) is 46.8 Å². The van der Waals surface area contributed by atoms with Gasteiger partial charge in [-0.3, -0.25) is 4.79 Å². The van der Waals surface area contributed by atoms with Crippen molar-refractivity contribution in [3.63, 3.8) is 0 Å². The third kappa shape index (κ3) is 4.59. The number of carbonyl (C=O) groups is 1. The minimum absolute atomic E-state index is 0.156. The van der Waals surface area contributed by atoms with Gasteiger partial charge in [0.2, 0.25) is 5.91 Å². The number of nitrogens with zero attached hydrogens (tertiary/aromatic N) is 1. The summed E-state index contributed by atoms with van der Waals surface area (Å²) in [7, 11) is 0. The molecule has 0 saturated heterocycles. The number of benzene rings is 1. The Bertz CT molecular complexity index is 939. The van der Waals surface area contributed by atoms with Crippen molar-refractivity contribution in [2.45, 2.75) is 70.6 Å². The van der Waals surface area contributed by atoms with Crippen LogP contribution < -0.4 is 10.1 Å². The standard InChI is InChI=1S/C26H33FN2O3/c1-3-20(16-27)18-31-22-6-4-21(5-7-22)25-9-12-26(13-10-25,14-11-25)24(30)28-15-8-23-29-17-19(2)32-23/h4-7,16-17H,3,8-15,18H2,1-2H3,(H,28,30)/b20-16+. The van der Waals surface area contributed by atoms with E-state index < -0.39 is 0 Å². The summed E-state index contributed by atoms with van der Waals surface area (Å²) in [6, 6.07) is 8.28. The van der Waals surface area contributed by atoms with Crippen LogP contribution in [0.4, 0.5) is 4.39 Å². The van der Waals surface area contributed by atoms with E-state index in [1.54, 1.807) is 6.20 Å². The molecule has 3 fully saturated rings. The molecule has 2 aromatic rings. The number of oxazole rings is 1. The number of aryl methyl sites for hydroxylation is 1. The fourth-order valence-corrected chi connectivity index (χ4v) is 5.24. The highest BCUT2D eigenvalue weighted by molar-refractivity contribution is 5.83. The zero-order valence-electron chi connectivity index (χ0n) is 19.1. The number of amides is 1. The van der Waals surface area contributed by atoms with Gasteiger partial charge >= 0.3 is 0 Å². The molecular weight excluding hydrogens is 407 g/mol. The fourth-order valence-electron chi connectivity index (χ4n) is 5.24. The maximum absolute atomic E-state index is 13.0. The van der Waals surface area contributed by atoms with Gasteiger partial charge in [-0.25, -0.2) is 9.37 Å². The first kappa shape index (κ1) is 22.6. The Morgan fingerprint density at radius 1 is 1.19 bits per heavy atom. The molecule has 6 heteroatoms. The van der Waals surface area contributed by atoms with Crippen LogP contribution in [0.2, 0.25) is 0 Å². The first-order valence-electron chi connectivity index (χ1n) is 11.7. The van der Waals surface area contributed by atoms with Gasteiger partial charge in [0.25, 0.3) is 0 Å². The molecule has 5 nitrogen and oxygen atoms in total. The van der Waals surface area contributed by atoms with Crippen molar-refractivity contribution in [3.8, 4) is 5.75 Å². The molecule has 0 spiro atoms. The Morgan fingerprint density at radius 2 is 1.88 bits per heavy atom. The summed E-state index contributed by atoms with van der Waals surface area (Å²) in [4.78, 5) is 17.2. The SMILES string of the molecule is CC/C(=C\F)COc1ccc(C23CCC(C(=O)NCCc4ncc(C)o4)(CC2)CC3)cc1. The van der Waals surface area contributed by atoms with E-state index in [2.05, 4.69) is 22.4 Å². The second kappa shape index (κ2) is 9.47. The first-order chi connectivity index (χ1) is 15.5. The molecule has 0 atom stereocenters. The lowest BCUT2D eigenvalue weighted by Gasteiger charge is -2.52. The second-order valence-corrected chi connectivity index (χ2v) is 9.37. The van der Waals surface area contributed by atoms with Crippen LogP contribution in [0.3, 0.4) is 0 Å². The van der Waals surface area contributed by atoms with Crippen molar-refractivity contribution in [2.24, 2.45) is 5.41 Å². The maximum atomic E-state index is 13.0. The quantitative estimate of drug-likeness (QED) is 0.553. The monoisotopic (exact) mass is 440 g/mol. The topological polar surface area (TPSA) is 64.4 Å². The Balaban J connectivity index is 1.31. The normalized spacial score (nSPS) is 25.0. The molecule has 0 radical (unpaired) electrons. The number of rotatable bonds is 9. The maximum Gasteiger partial charge on any atom is 0.226 e. The van der Waals surface area contributed by atoms with Crippen LogP contribution in [0.5, 0.6) is 5.75 Å². The average Bonchev–Trinajstić information content (AvgIpc) is 3.26. The van der Waals surface area contributed by atoms with E-state index in [1.165, 1.54) is 5.56 Å². The molecule has 32 heavy (non-hydrogen) atoms. The molecule has 3 aliphatic carbocycles. The molecule has 1 amide bonds. The van der Waals surface area contributed by atoms with E-state index in [9.17, 15) is 9.18 Å². The van der Waals surface area contributed by atoms with E-state index in [1.807, 2.05) is 26.0 Å². The number of carbonyl (C=O) groups excluding carboxylic acids is 1. The minimum Gasteiger partial charge on any atom is -0.489 e. The Hall–Kier alpha value is -2.63. The summed E-state index contributed by atoms with van der Waals surface area (Å²) < 4.78 is 23.9. The largest absolute Gasteiger partial charge is 0.489 e. The molecule has 0 aliphatic heterocycles. The lowest BCUT2D eigenvalue weighted by Crippen LogP contribution is -2.51. The second-order valence-electron chi connectivity index (χ2n) is 9.37. The first-order valence-corrected chi connectivity index (χ1v) is 11.7. The summed E-state index contributed by atoms with van der Waals surface area (Å²) in [6.07, 6.45) is 9.48. The highest BCUT2D eigenvalue weighted by Crippen LogP contribution is 2.57. The van der Waals surface area contributed by atoms with Gasteiger partial charge in [-0.05, 0) is 80.6 Å². The summed E-state index contributed by atoms with van der Waals surface area (Å²) >= 11 is 0. The summed E-state index contributed by atoms with van der Waals surface area (Å²) in [5, 5.41) is 3.13. The van der Waals surface area contributed by atoms with Crippen molar-refractivity contribution < 1.29 is 18.3 Å². The zero-order chi connectivity index (χ0) is 22.6. The third-order valence-corrected chi connectivity index (χ3v) is 7.52. The van der Waals surface area contributed by atoms with E-state index in [4.69, 9.17) is 9.15 Å². The zero-order valence-corrected chi connectivity index (χ0v) is 19.1. The van der Waals surface area contributed by atoms with Gasteiger partial charge in [0.05, 0.1) is 12.5 Å². The van der Waals surface area contributed by atoms with Gasteiger partial charge in [0.15, 0.2) is 5.89 Å². The van der Waals surface area contributed by atoms with Gasteiger partial charge in [0.1, 0.15) is 18.1 Å². The van der Waals surface area contributed by atoms with Crippen molar-refractivity contribution in [2.75, 3.05) is 13.2 Å². The van der Waals surface area contributed by atoms with Gasteiger partial charge in [-0.15, -0.1) is 0 Å². The van der Waals surface area contributed by atoms with Gasteiger partial charge in [0, 0.05) is 18.4 Å². The van der Waals surface area contributed by atoms with Crippen LogP contribution in [0.25, 0.3) is 0 Å². The molecule has 0 unspecified atom stereocenters. The Morgan fingerprint density at radius 3 is 2.44 bits per heavy atom. The van der Waals surface area contributed by atoms with Crippen LogP contribution in [-0.4, -0.2) is 24.0 Å². The minimum atomic E-state index is -0.230. The number of halogens is 1. The summed E-state index contributed by atoms with van der Waals surface area (Å²) in [5.74, 6) is 2.42. The van der Waals surface area contributed by atoms with Crippen molar-refractivity contribution in [1.29, 1.82) is 0 Å². The van der Waals surface area contributed by atoms with E-state index in [0.29, 0.717) is 37.2 Å². The predicted octanol–water partition coefficient (Wildman–Crippen LogP) is 5.58. The number of fused-ring (bicyclic) bond motifs is 3. The fraction of sp³-hybridized carbons (Fsp3) is 0.538. The highest BCUT2D eigenvalue weighted by atomic mass is 19.1. The molecule has 1 aromatic carbocycles. The van der Waals surface area contributed by atoms with E-state index in [0.717, 1.165) is 50.0 Å². The van der Waals surface area contributed by atoms with Crippen LogP contribution in [0.1, 0.15) is 69.1 Å². The molecule has 1 heterocycles. The number of aromatic nitrogens is 1. The number of ether oxygens (including phenoxy) is 1. The number of hydrogen-bond donors (Lipinski definition) is 1. The molecule has 3 saturated carbocycles. The predicted molar refractivity (Wildman–Crippen MR) is 121 cm³/mol. The van der Waals surface area contributed by atoms with Crippen LogP contribution in [-0.2, 0) is 16.6 Å². The molecule has 1 N–H and O–H groups in total. The third-order valence-electron chi connectivity index (χ3n) is 7.52. The molecular formula is C26H33FN2O3. The Labute approximate surface area is 189 Å². The lowest BCUT2D eigenvalue weighted by molar-refractivity contribution is -0.137. The summed E-state index contributed by atoms with van der Waals surface area (Å²) in [6.45, 7) is 4.63. The van der Waals surface area contributed by atoms with Crippen molar-refractivity contribution in [1.82, 2.24) is 10.3 Å². The average molecular weight is 441 g/mol. The molecule has 5 rings (SSSR count). The lowest BCUT2D eigenvalue weighted by atomic mass is 9.51. The summed E-state index contributed by atoms with van der Waals surface area (Å²) in [5.41, 5.74) is 1.91. The van der Waals surface area contributed by atoms with E-state index >= 15 is 0 Å². The highest BCUT2D eigenvalue weighted by Gasteiger charge is 2.52. The molecule has 1 aromatic heterocycles. The van der Waals surface area contributed by atoms with Crippen LogP contribution in [0, 0.1) is 12.3 Å². The Kier molecular flexibility index (Phi) is 6.68. The number of nitrogens with one attached hydrogen (secondary N) is 1. The molecule has 3 aliphatic rings. The van der Waals surface area contributed by atoms with Crippen LogP contribution >= 0.6 is 0 Å². The van der Waals surface area contributed by atoms with E-state index in [-0.39, 0.29) is 23.3 Å².